The third-order valence-electron chi connectivity index (χ3n) is 1.34. The minimum atomic E-state index is -1.86. The van der Waals surface area contributed by atoms with Crippen LogP contribution < -0.4 is 0 Å². The molecule has 0 aromatic carbocycles. The number of Topliss-reactive ketones (excluding diaryl/α,β-unsaturated/α-hetero) is 1. The summed E-state index contributed by atoms with van der Waals surface area (Å²) in [6, 6.07) is 0. The average Bonchev–Trinajstić information content (AvgIpc) is 2.12. The fraction of sp³-hybridized carbons (Fsp3) is 0.833. The lowest BCUT2D eigenvalue weighted by atomic mass is 10.1. The molecular weight excluding hydrogens is 169 g/mol. The van der Waals surface area contributed by atoms with E-state index < -0.39 is 37.3 Å². The van der Waals surface area contributed by atoms with E-state index in [1.54, 1.807) is 0 Å². The van der Waals surface area contributed by atoms with Crippen LogP contribution in [0, 0.1) is 0 Å². The molecule has 0 aliphatic carbocycles. The van der Waals surface area contributed by atoms with Crippen molar-refractivity contribution in [3.8, 4) is 0 Å². The van der Waals surface area contributed by atoms with Gasteiger partial charge in [-0.3, -0.25) is 4.79 Å². The SMILES string of the molecule is O=C([C@H](O)[13CH2]O)[C@H](O)[C@H](O)CO. The predicted molar refractivity (Wildman–Crippen MR) is 37.2 cm³/mol. The molecule has 6 heteroatoms. The van der Waals surface area contributed by atoms with Crippen LogP contribution in [0.25, 0.3) is 0 Å². The summed E-state index contributed by atoms with van der Waals surface area (Å²) in [4.78, 5) is 10.7. The summed E-state index contributed by atoms with van der Waals surface area (Å²) in [6.45, 7) is -1.61. The van der Waals surface area contributed by atoms with Crippen molar-refractivity contribution in [3.05, 3.63) is 0 Å². The Balaban J connectivity index is 4.09. The molecule has 72 valence electrons. The molecule has 0 aromatic heterocycles. The van der Waals surface area contributed by atoms with E-state index in [2.05, 4.69) is 0 Å². The van der Waals surface area contributed by atoms with Gasteiger partial charge < -0.3 is 25.5 Å². The van der Waals surface area contributed by atoms with Crippen LogP contribution in [-0.2, 0) is 4.79 Å². The van der Waals surface area contributed by atoms with Crippen molar-refractivity contribution < 1.29 is 30.3 Å². The zero-order chi connectivity index (χ0) is 9.72. The van der Waals surface area contributed by atoms with E-state index in [1.165, 1.54) is 0 Å². The van der Waals surface area contributed by atoms with E-state index in [0.717, 1.165) is 0 Å². The molecule has 0 aliphatic heterocycles. The van der Waals surface area contributed by atoms with E-state index in [0.29, 0.717) is 0 Å². The molecular formula is C6H12O6. The van der Waals surface area contributed by atoms with Gasteiger partial charge in [-0.2, -0.15) is 0 Å². The van der Waals surface area contributed by atoms with Crippen molar-refractivity contribution in [3.63, 3.8) is 0 Å². The first kappa shape index (κ1) is 11.5. The predicted octanol–water partition coefficient (Wildman–Crippen LogP) is -3.38. The molecule has 0 radical (unpaired) electrons. The highest BCUT2D eigenvalue weighted by Crippen LogP contribution is 1.98. The molecule has 0 aliphatic rings. The van der Waals surface area contributed by atoms with Crippen LogP contribution in [0.15, 0.2) is 0 Å². The lowest BCUT2D eigenvalue weighted by molar-refractivity contribution is -0.144. The second kappa shape index (κ2) is 5.18. The number of hydrogen-bond acceptors (Lipinski definition) is 6. The Morgan fingerprint density at radius 1 is 1.08 bits per heavy atom. The Bertz CT molecular complexity index is 147. The van der Waals surface area contributed by atoms with Gasteiger partial charge in [-0.15, -0.1) is 0 Å². The molecule has 0 saturated carbocycles. The van der Waals surface area contributed by atoms with Crippen molar-refractivity contribution in [1.82, 2.24) is 0 Å². The molecule has 0 aromatic rings. The minimum Gasteiger partial charge on any atom is -0.394 e. The van der Waals surface area contributed by atoms with Gasteiger partial charge in [0.15, 0.2) is 5.78 Å². The summed E-state index contributed by atoms with van der Waals surface area (Å²) in [5.74, 6) is -1.11. The van der Waals surface area contributed by atoms with Gasteiger partial charge >= 0.3 is 0 Å². The summed E-state index contributed by atoms with van der Waals surface area (Å²) in [6.07, 6.45) is -5.21. The molecule has 0 rings (SSSR count). The second-order valence-corrected chi connectivity index (χ2v) is 2.30. The zero-order valence-corrected chi connectivity index (χ0v) is 6.29. The fourth-order valence-corrected chi connectivity index (χ4v) is 0.577. The van der Waals surface area contributed by atoms with Gasteiger partial charge in [-0.1, -0.05) is 0 Å². The number of aliphatic hydroxyl groups is 5. The minimum absolute atomic E-state index is 0.787. The Hall–Kier alpha value is -0.530. The topological polar surface area (TPSA) is 118 Å². The molecule has 0 heterocycles. The van der Waals surface area contributed by atoms with Crippen LogP contribution >= 0.6 is 0 Å². The number of hydrogen-bond donors (Lipinski definition) is 5. The number of carbonyl (C=O) groups is 1. The summed E-state index contributed by atoms with van der Waals surface area (Å²) in [5, 5.41) is 42.9. The number of ketones is 1. The quantitative estimate of drug-likeness (QED) is 0.282. The smallest absolute Gasteiger partial charge is 0.194 e. The van der Waals surface area contributed by atoms with Crippen molar-refractivity contribution in [2.75, 3.05) is 13.2 Å². The van der Waals surface area contributed by atoms with Gasteiger partial charge in [-0.05, 0) is 0 Å². The Morgan fingerprint density at radius 3 is 1.92 bits per heavy atom. The van der Waals surface area contributed by atoms with Crippen molar-refractivity contribution in [2.45, 2.75) is 18.3 Å². The van der Waals surface area contributed by atoms with Crippen LogP contribution in [0.1, 0.15) is 0 Å². The number of carbonyl (C=O) groups excluding carboxylic acids is 1. The first-order valence-corrected chi connectivity index (χ1v) is 3.34. The maximum Gasteiger partial charge on any atom is 0.194 e. The zero-order valence-electron chi connectivity index (χ0n) is 6.29. The number of rotatable bonds is 5. The van der Waals surface area contributed by atoms with Gasteiger partial charge in [0.25, 0.3) is 0 Å². The van der Waals surface area contributed by atoms with Gasteiger partial charge in [0.2, 0.25) is 0 Å². The molecule has 3 atom stereocenters. The molecule has 0 bridgehead atoms. The van der Waals surface area contributed by atoms with Crippen LogP contribution in [-0.4, -0.2) is 62.8 Å². The van der Waals surface area contributed by atoms with Crippen LogP contribution in [0.3, 0.4) is 0 Å². The Morgan fingerprint density at radius 2 is 1.58 bits per heavy atom. The molecule has 5 N–H and O–H groups in total. The lowest BCUT2D eigenvalue weighted by Crippen LogP contribution is -2.43. The van der Waals surface area contributed by atoms with E-state index in [1.807, 2.05) is 0 Å². The van der Waals surface area contributed by atoms with Crippen molar-refractivity contribution in [2.24, 2.45) is 0 Å². The molecule has 0 spiro atoms. The third-order valence-corrected chi connectivity index (χ3v) is 1.34. The first-order chi connectivity index (χ1) is 5.54. The van der Waals surface area contributed by atoms with E-state index in [4.69, 9.17) is 25.5 Å². The van der Waals surface area contributed by atoms with Gasteiger partial charge in [0, 0.05) is 0 Å². The van der Waals surface area contributed by atoms with E-state index in [9.17, 15) is 4.79 Å². The monoisotopic (exact) mass is 181 g/mol. The fourth-order valence-electron chi connectivity index (χ4n) is 0.577. The first-order valence-electron chi connectivity index (χ1n) is 3.34. The lowest BCUT2D eigenvalue weighted by Gasteiger charge is -2.16. The highest BCUT2D eigenvalue weighted by Gasteiger charge is 2.28. The maximum absolute atomic E-state index is 10.7. The van der Waals surface area contributed by atoms with Crippen LogP contribution in [0.5, 0.6) is 0 Å². The Labute approximate surface area is 68.7 Å². The van der Waals surface area contributed by atoms with E-state index in [-0.39, 0.29) is 0 Å². The highest BCUT2D eigenvalue weighted by molar-refractivity contribution is 5.87. The largest absolute Gasteiger partial charge is 0.394 e. The number of aliphatic hydroxyl groups excluding tert-OH is 5. The Kier molecular flexibility index (Phi) is 4.95. The molecule has 0 fully saturated rings. The maximum atomic E-state index is 10.7. The molecule has 0 amide bonds. The highest BCUT2D eigenvalue weighted by atomic mass is 16.4. The summed E-state index contributed by atoms with van der Waals surface area (Å²) >= 11 is 0. The average molecular weight is 181 g/mol. The van der Waals surface area contributed by atoms with E-state index >= 15 is 0 Å². The summed E-state index contributed by atoms with van der Waals surface area (Å²) < 4.78 is 0. The van der Waals surface area contributed by atoms with Crippen molar-refractivity contribution in [1.29, 1.82) is 0 Å². The standard InChI is InChI=1S/C6H12O6/c7-1-3(9)5(11)6(12)4(10)2-8/h3-5,7-11H,1-2H2/t3-,4-,5-/m1/s1/i2+1. The van der Waals surface area contributed by atoms with Gasteiger partial charge in [0.05, 0.1) is 13.2 Å². The van der Waals surface area contributed by atoms with Crippen molar-refractivity contribution >= 4 is 5.78 Å². The van der Waals surface area contributed by atoms with Crippen LogP contribution in [0.4, 0.5) is 0 Å². The second-order valence-electron chi connectivity index (χ2n) is 2.30. The molecule has 0 saturated heterocycles. The summed E-state index contributed by atoms with van der Waals surface area (Å²) in [5.41, 5.74) is 0. The van der Waals surface area contributed by atoms with Gasteiger partial charge in [0.1, 0.15) is 18.3 Å². The van der Waals surface area contributed by atoms with Gasteiger partial charge in [-0.25, -0.2) is 0 Å². The molecule has 6 nitrogen and oxygen atoms in total. The normalized spacial score (nSPS) is 18.4. The molecule has 0 unspecified atom stereocenters. The summed E-state index contributed by atoms with van der Waals surface area (Å²) in [7, 11) is 0. The van der Waals surface area contributed by atoms with Crippen LogP contribution in [0.2, 0.25) is 0 Å². The molecule has 12 heavy (non-hydrogen) atoms. The third kappa shape index (κ3) is 2.84.